The van der Waals surface area contributed by atoms with E-state index >= 15 is 0 Å². The number of aromatic nitrogens is 1. The van der Waals surface area contributed by atoms with Crippen LogP contribution in [0, 0.1) is 11.3 Å². The van der Waals surface area contributed by atoms with E-state index in [0.29, 0.717) is 12.3 Å². The summed E-state index contributed by atoms with van der Waals surface area (Å²) in [7, 11) is 0. The highest BCUT2D eigenvalue weighted by atomic mass is 35.5. The number of carbonyl (C=O) groups is 2. The molecule has 3 heterocycles. The molecular formula is C21H32Cl2N4O2. The van der Waals surface area contributed by atoms with E-state index in [2.05, 4.69) is 4.98 Å². The van der Waals surface area contributed by atoms with E-state index in [9.17, 15) is 9.59 Å². The minimum atomic E-state index is -0.302. The molecule has 3 fully saturated rings. The number of amides is 2. The molecule has 1 aromatic heterocycles. The molecular weight excluding hydrogens is 411 g/mol. The largest absolute Gasteiger partial charge is 0.342 e. The molecule has 0 radical (unpaired) electrons. The summed E-state index contributed by atoms with van der Waals surface area (Å²) in [6, 6.07) is 3.72. The molecule has 2 amide bonds. The normalized spacial score (nSPS) is 21.9. The van der Waals surface area contributed by atoms with Gasteiger partial charge in [0.1, 0.15) is 0 Å². The topological polar surface area (TPSA) is 79.5 Å². The first-order valence-corrected chi connectivity index (χ1v) is 10.3. The second-order valence-corrected chi connectivity index (χ2v) is 8.61. The van der Waals surface area contributed by atoms with E-state index in [-0.39, 0.29) is 48.1 Å². The van der Waals surface area contributed by atoms with E-state index in [1.165, 1.54) is 5.56 Å². The van der Waals surface area contributed by atoms with Gasteiger partial charge in [-0.3, -0.25) is 14.6 Å². The summed E-state index contributed by atoms with van der Waals surface area (Å²) >= 11 is 0. The number of hydrogen-bond acceptors (Lipinski definition) is 4. The Morgan fingerprint density at radius 2 is 1.83 bits per heavy atom. The van der Waals surface area contributed by atoms with Crippen molar-refractivity contribution in [1.29, 1.82) is 0 Å². The van der Waals surface area contributed by atoms with E-state index in [0.717, 1.165) is 64.7 Å². The van der Waals surface area contributed by atoms with Crippen molar-refractivity contribution in [2.45, 2.75) is 51.0 Å². The zero-order valence-electron chi connectivity index (χ0n) is 16.8. The first-order chi connectivity index (χ1) is 13.1. The first kappa shape index (κ1) is 23.9. The summed E-state index contributed by atoms with van der Waals surface area (Å²) in [6.07, 6.45) is 10.2. The smallest absolute Gasteiger partial charge is 0.239 e. The van der Waals surface area contributed by atoms with Gasteiger partial charge in [0.05, 0.1) is 6.04 Å². The van der Waals surface area contributed by atoms with Gasteiger partial charge in [-0.1, -0.05) is 0 Å². The molecule has 2 saturated heterocycles. The molecule has 162 valence electrons. The predicted octanol–water partition coefficient (Wildman–Crippen LogP) is 2.44. The van der Waals surface area contributed by atoms with Crippen molar-refractivity contribution in [1.82, 2.24) is 14.8 Å². The summed E-state index contributed by atoms with van der Waals surface area (Å²) in [6.45, 7) is 3.16. The Hall–Kier alpha value is -1.37. The lowest BCUT2D eigenvalue weighted by Gasteiger charge is -2.47. The van der Waals surface area contributed by atoms with Crippen LogP contribution in [0.4, 0.5) is 0 Å². The lowest BCUT2D eigenvalue weighted by molar-refractivity contribution is -0.143. The number of piperidine rings is 2. The third-order valence-corrected chi connectivity index (χ3v) is 6.72. The van der Waals surface area contributed by atoms with Gasteiger partial charge >= 0.3 is 0 Å². The van der Waals surface area contributed by atoms with Crippen molar-refractivity contribution >= 4 is 36.6 Å². The van der Waals surface area contributed by atoms with Crippen molar-refractivity contribution in [2.75, 3.05) is 26.2 Å². The fraction of sp³-hybridized carbons (Fsp3) is 0.667. The molecule has 1 atom stereocenters. The first-order valence-electron chi connectivity index (χ1n) is 10.3. The van der Waals surface area contributed by atoms with E-state index in [1.54, 1.807) is 12.4 Å². The quantitative estimate of drug-likeness (QED) is 0.758. The van der Waals surface area contributed by atoms with Gasteiger partial charge in [-0.2, -0.15) is 0 Å². The Labute approximate surface area is 185 Å². The molecule has 0 unspecified atom stereocenters. The molecule has 1 aromatic rings. The highest BCUT2D eigenvalue weighted by Gasteiger charge is 2.43. The lowest BCUT2D eigenvalue weighted by atomic mass is 9.72. The molecule has 29 heavy (non-hydrogen) atoms. The van der Waals surface area contributed by atoms with E-state index < -0.39 is 0 Å². The van der Waals surface area contributed by atoms with Crippen molar-refractivity contribution in [3.63, 3.8) is 0 Å². The summed E-state index contributed by atoms with van der Waals surface area (Å²) < 4.78 is 0. The number of hydrogen-bond donors (Lipinski definition) is 1. The van der Waals surface area contributed by atoms with Crippen LogP contribution in [0.2, 0.25) is 0 Å². The number of nitrogens with zero attached hydrogens (tertiary/aromatic N) is 3. The van der Waals surface area contributed by atoms with Crippen LogP contribution < -0.4 is 5.73 Å². The van der Waals surface area contributed by atoms with Gasteiger partial charge in [0.25, 0.3) is 0 Å². The average Bonchev–Trinajstić information content (AvgIpc) is 3.54. The monoisotopic (exact) mass is 442 g/mol. The standard InChI is InChI=1S/C21H30N4O2.2ClH/c22-19(17-1-2-17)20(27)24-13-8-21(9-14-24)7-3-18(26)25(15-21)12-6-16-4-10-23-11-5-16;;/h4-5,10-11,17,19H,1-3,6-9,12-15,22H2;2*1H/t19-;;/m0../s1. The Bertz CT molecular complexity index is 691. The number of halogens is 2. The second kappa shape index (κ2) is 10.1. The number of likely N-dealkylation sites (tertiary alicyclic amines) is 2. The maximum Gasteiger partial charge on any atom is 0.239 e. The van der Waals surface area contributed by atoms with Crippen LogP contribution in [0.25, 0.3) is 0 Å². The number of nitrogens with two attached hydrogens (primary N) is 1. The van der Waals surface area contributed by atoms with Crippen molar-refractivity contribution < 1.29 is 9.59 Å². The molecule has 4 rings (SSSR count). The van der Waals surface area contributed by atoms with Crippen LogP contribution in [0.15, 0.2) is 24.5 Å². The molecule has 1 saturated carbocycles. The van der Waals surface area contributed by atoms with Crippen molar-refractivity contribution in [2.24, 2.45) is 17.1 Å². The Kier molecular flexibility index (Phi) is 8.32. The molecule has 1 spiro atoms. The number of pyridine rings is 1. The van der Waals surface area contributed by atoms with Gasteiger partial charge in [0, 0.05) is 45.0 Å². The fourth-order valence-corrected chi connectivity index (χ4v) is 4.60. The number of rotatable bonds is 5. The van der Waals surface area contributed by atoms with Gasteiger partial charge in [0.15, 0.2) is 0 Å². The van der Waals surface area contributed by atoms with Gasteiger partial charge in [-0.15, -0.1) is 24.8 Å². The number of carbonyl (C=O) groups excluding carboxylic acids is 2. The van der Waals surface area contributed by atoms with Crippen LogP contribution in [0.1, 0.15) is 44.1 Å². The third kappa shape index (κ3) is 5.62. The molecule has 8 heteroatoms. The second-order valence-electron chi connectivity index (χ2n) is 8.61. The molecule has 2 N–H and O–H groups in total. The summed E-state index contributed by atoms with van der Waals surface area (Å²) in [5, 5.41) is 0. The van der Waals surface area contributed by atoms with E-state index in [4.69, 9.17) is 5.73 Å². The van der Waals surface area contributed by atoms with Crippen molar-refractivity contribution in [3.05, 3.63) is 30.1 Å². The highest BCUT2D eigenvalue weighted by molar-refractivity contribution is 5.85. The molecule has 2 aliphatic heterocycles. The SMILES string of the molecule is Cl.Cl.N[C@H](C(=O)N1CCC2(CCC(=O)N(CCc3ccncc3)C2)CC1)C1CC1. The molecule has 6 nitrogen and oxygen atoms in total. The molecule has 3 aliphatic rings. The maximum atomic E-state index is 12.6. The predicted molar refractivity (Wildman–Crippen MR) is 117 cm³/mol. The van der Waals surface area contributed by atoms with Crippen molar-refractivity contribution in [3.8, 4) is 0 Å². The summed E-state index contributed by atoms with van der Waals surface area (Å²) in [4.78, 5) is 33.0. The van der Waals surface area contributed by atoms with Gasteiger partial charge in [-0.25, -0.2) is 0 Å². The average molecular weight is 443 g/mol. The highest BCUT2D eigenvalue weighted by Crippen LogP contribution is 2.41. The minimum Gasteiger partial charge on any atom is -0.342 e. The summed E-state index contributed by atoms with van der Waals surface area (Å²) in [5.41, 5.74) is 7.50. The van der Waals surface area contributed by atoms with Gasteiger partial charge in [-0.05, 0) is 67.6 Å². The third-order valence-electron chi connectivity index (χ3n) is 6.72. The minimum absolute atomic E-state index is 0. The van der Waals surface area contributed by atoms with Gasteiger partial charge < -0.3 is 15.5 Å². The Morgan fingerprint density at radius 3 is 2.45 bits per heavy atom. The maximum absolute atomic E-state index is 12.6. The van der Waals surface area contributed by atoms with Crippen LogP contribution in [-0.4, -0.2) is 58.8 Å². The van der Waals surface area contributed by atoms with Crippen LogP contribution >= 0.6 is 24.8 Å². The zero-order valence-corrected chi connectivity index (χ0v) is 18.4. The fourth-order valence-electron chi connectivity index (χ4n) is 4.60. The Balaban J connectivity index is 0.00000150. The van der Waals surface area contributed by atoms with Gasteiger partial charge in [0.2, 0.25) is 11.8 Å². The Morgan fingerprint density at radius 1 is 1.17 bits per heavy atom. The summed E-state index contributed by atoms with van der Waals surface area (Å²) in [5.74, 6) is 0.807. The van der Waals surface area contributed by atoms with Crippen LogP contribution in [0.3, 0.4) is 0 Å². The van der Waals surface area contributed by atoms with Crippen LogP contribution in [-0.2, 0) is 16.0 Å². The molecule has 1 aliphatic carbocycles. The van der Waals surface area contributed by atoms with Crippen LogP contribution in [0.5, 0.6) is 0 Å². The molecule has 0 bridgehead atoms. The zero-order chi connectivity index (χ0) is 18.9. The molecule has 0 aromatic carbocycles. The van der Waals surface area contributed by atoms with E-state index in [1.807, 2.05) is 21.9 Å². The lowest BCUT2D eigenvalue weighted by Crippen LogP contribution is -2.55.